The smallest absolute Gasteiger partial charge is 0.439 e. The maximum absolute atomic E-state index is 10.7. The summed E-state index contributed by atoms with van der Waals surface area (Å²) in [5.41, 5.74) is 0. The number of carbonyl (C=O) groups excluding carboxylic acids is 1. The maximum atomic E-state index is 10.7. The molecule has 0 amide bonds. The highest BCUT2D eigenvalue weighted by Crippen LogP contribution is 2.02. The molecule has 0 aromatic rings. The van der Waals surface area contributed by atoms with Crippen molar-refractivity contribution in [1.29, 1.82) is 0 Å². The van der Waals surface area contributed by atoms with E-state index in [2.05, 4.69) is 10.8 Å². The van der Waals surface area contributed by atoms with E-state index in [9.17, 15) is 4.79 Å². The highest BCUT2D eigenvalue weighted by molar-refractivity contribution is 8.13. The molecule has 0 spiro atoms. The molecule has 0 aliphatic carbocycles. The Balaban J connectivity index is 3.76. The maximum Gasteiger partial charge on any atom is 0.550 e. The third-order valence-corrected chi connectivity index (χ3v) is 1.42. The Morgan fingerprint density at radius 3 is 2.73 bits per heavy atom. The van der Waals surface area contributed by atoms with Gasteiger partial charge in [0.25, 0.3) is 0 Å². The van der Waals surface area contributed by atoms with Gasteiger partial charge in [0.05, 0.1) is 6.61 Å². The molecule has 0 rings (SSSR count). The van der Waals surface area contributed by atoms with Crippen LogP contribution in [-0.2, 0) is 9.53 Å². The number of aliphatic hydroxyl groups excluding tert-OH is 1. The van der Waals surface area contributed by atoms with Gasteiger partial charge < -0.3 is 9.84 Å². The molecular formula is C7H11O3S+. The standard InChI is InChI=1S/C7H10O3S/c1-3-10-6(8)5-7(9)11-4-2/h3-4H2,1-2H3/p+1. The summed E-state index contributed by atoms with van der Waals surface area (Å²) in [6, 6.07) is 0. The summed E-state index contributed by atoms with van der Waals surface area (Å²) in [4.78, 5) is 10.7. The van der Waals surface area contributed by atoms with E-state index in [1.807, 2.05) is 6.92 Å². The van der Waals surface area contributed by atoms with E-state index < -0.39 is 5.95 Å². The average molecular weight is 175 g/mol. The predicted molar refractivity (Wildman–Crippen MR) is 44.1 cm³/mol. The van der Waals surface area contributed by atoms with E-state index >= 15 is 0 Å². The van der Waals surface area contributed by atoms with Gasteiger partial charge in [0.2, 0.25) is 0 Å². The van der Waals surface area contributed by atoms with Gasteiger partial charge in [0.15, 0.2) is 0 Å². The summed E-state index contributed by atoms with van der Waals surface area (Å²) in [5.74, 6) is 0.240. The van der Waals surface area contributed by atoms with Crippen LogP contribution in [0.4, 0.5) is 0 Å². The van der Waals surface area contributed by atoms with Crippen LogP contribution in [-0.4, -0.2) is 22.6 Å². The lowest BCUT2D eigenvalue weighted by Crippen LogP contribution is -1.95. The molecule has 0 bridgehead atoms. The third kappa shape index (κ3) is 5.70. The van der Waals surface area contributed by atoms with Gasteiger partial charge >= 0.3 is 17.1 Å². The summed E-state index contributed by atoms with van der Waals surface area (Å²) >= 11 is 1.07. The molecule has 0 atom stereocenters. The van der Waals surface area contributed by atoms with Crippen molar-refractivity contribution in [3.8, 4) is 0 Å². The molecule has 0 saturated carbocycles. The zero-order chi connectivity index (χ0) is 8.69. The van der Waals surface area contributed by atoms with Crippen molar-refractivity contribution in [2.75, 3.05) is 12.4 Å². The lowest BCUT2D eigenvalue weighted by molar-refractivity contribution is -0.108. The second-order valence-corrected chi connectivity index (χ2v) is 2.82. The molecule has 0 heterocycles. The van der Waals surface area contributed by atoms with Crippen LogP contribution < -0.4 is 0 Å². The van der Waals surface area contributed by atoms with E-state index in [4.69, 9.17) is 5.11 Å². The predicted octanol–water partition coefficient (Wildman–Crippen LogP) is 1.51. The van der Waals surface area contributed by atoms with Crippen LogP contribution in [0.2, 0.25) is 0 Å². The monoisotopic (exact) mass is 175 g/mol. The molecule has 0 aromatic heterocycles. The van der Waals surface area contributed by atoms with Gasteiger partial charge in [-0.1, -0.05) is 6.92 Å². The van der Waals surface area contributed by atoms with E-state index in [1.165, 1.54) is 0 Å². The minimum Gasteiger partial charge on any atom is -0.439 e. The van der Waals surface area contributed by atoms with Crippen LogP contribution in [0.25, 0.3) is 0 Å². The zero-order valence-electron chi connectivity index (χ0n) is 6.59. The van der Waals surface area contributed by atoms with Gasteiger partial charge in [-0.15, -0.1) is 0 Å². The summed E-state index contributed by atoms with van der Waals surface area (Å²) in [6.07, 6.45) is 2.16. The largest absolute Gasteiger partial charge is 0.550 e. The Hall–Kier alpha value is -0.730. The lowest BCUT2D eigenvalue weighted by atomic mass is 10.6. The first-order chi connectivity index (χ1) is 5.20. The fraction of sp³-hybridized carbons (Fsp3) is 0.571. The van der Waals surface area contributed by atoms with Crippen molar-refractivity contribution >= 4 is 16.9 Å². The molecule has 0 aromatic carbocycles. The Bertz CT molecular complexity index is 154. The highest BCUT2D eigenvalue weighted by Gasteiger charge is 2.19. The van der Waals surface area contributed by atoms with Crippen LogP contribution in [0.3, 0.4) is 0 Å². The van der Waals surface area contributed by atoms with Crippen molar-refractivity contribution in [3.63, 3.8) is 0 Å². The zero-order valence-corrected chi connectivity index (χ0v) is 7.40. The van der Waals surface area contributed by atoms with Crippen molar-refractivity contribution in [2.24, 2.45) is 0 Å². The fourth-order valence-corrected chi connectivity index (χ4v) is 0.849. The highest BCUT2D eigenvalue weighted by atomic mass is 32.2. The summed E-state index contributed by atoms with van der Waals surface area (Å²) < 4.78 is 4.59. The molecule has 0 unspecified atom stereocenters. The van der Waals surface area contributed by atoms with Gasteiger partial charge in [-0.25, -0.2) is 4.79 Å². The minimum absolute atomic E-state index is 0.307. The van der Waals surface area contributed by atoms with Crippen LogP contribution in [0, 0.1) is 6.08 Å². The topological polar surface area (TPSA) is 46.5 Å². The molecule has 11 heavy (non-hydrogen) atoms. The summed E-state index contributed by atoms with van der Waals surface area (Å²) in [5, 5.41) is 8.49. The van der Waals surface area contributed by atoms with Crippen molar-refractivity contribution < 1.29 is 14.6 Å². The number of carbonyl (C=O) groups is 1. The normalized spacial score (nSPS) is 10.5. The molecule has 0 aliphatic heterocycles. The van der Waals surface area contributed by atoms with E-state index in [1.54, 1.807) is 6.92 Å². The van der Waals surface area contributed by atoms with Crippen molar-refractivity contribution in [3.05, 3.63) is 12.0 Å². The molecule has 0 radical (unpaired) electrons. The molecule has 4 heteroatoms. The molecule has 62 valence electrons. The van der Waals surface area contributed by atoms with Gasteiger partial charge in [0.1, 0.15) is 0 Å². The number of aliphatic hydroxyl groups is 1. The average Bonchev–Trinajstić information content (AvgIpc) is 1.87. The van der Waals surface area contributed by atoms with Gasteiger partial charge in [-0.2, -0.15) is 0 Å². The number of rotatable bonds is 4. The quantitative estimate of drug-likeness (QED) is 0.399. The first-order valence-corrected chi connectivity index (χ1v) is 4.31. The van der Waals surface area contributed by atoms with Crippen molar-refractivity contribution in [1.82, 2.24) is 0 Å². The molecule has 0 fully saturated rings. The Kier molecular flexibility index (Phi) is 5.61. The minimum atomic E-state index is -0.432. The van der Waals surface area contributed by atoms with Crippen molar-refractivity contribution in [2.45, 2.75) is 13.8 Å². The number of hydrogen-bond acceptors (Lipinski definition) is 4. The number of ether oxygens (including phenoxy) is 1. The van der Waals surface area contributed by atoms with Crippen LogP contribution in [0.1, 0.15) is 13.8 Å². The molecule has 3 nitrogen and oxygen atoms in total. The number of thioether (sulfide) groups is 1. The Morgan fingerprint density at radius 2 is 2.27 bits per heavy atom. The second kappa shape index (κ2) is 6.01. The van der Waals surface area contributed by atoms with Gasteiger partial charge in [0, 0.05) is 5.75 Å². The van der Waals surface area contributed by atoms with Crippen LogP contribution in [0.5, 0.6) is 0 Å². The fourth-order valence-electron chi connectivity index (χ4n) is 0.427. The van der Waals surface area contributed by atoms with E-state index in [-0.39, 0.29) is 5.12 Å². The van der Waals surface area contributed by atoms with Gasteiger partial charge in [-0.3, -0.25) is 0 Å². The molecule has 1 N–H and O–H groups in total. The van der Waals surface area contributed by atoms with E-state index in [0.717, 1.165) is 11.8 Å². The molecular weight excluding hydrogens is 164 g/mol. The summed E-state index contributed by atoms with van der Waals surface area (Å²) in [6.45, 7) is 3.90. The molecule has 0 aliphatic rings. The van der Waals surface area contributed by atoms with E-state index in [0.29, 0.717) is 12.4 Å². The SMILES string of the molecule is CCOC(O)=[C+]C(=O)SCC. The Labute approximate surface area is 70.4 Å². The van der Waals surface area contributed by atoms with Crippen LogP contribution >= 0.6 is 11.8 Å². The summed E-state index contributed by atoms with van der Waals surface area (Å²) in [7, 11) is 0. The third-order valence-electron chi connectivity index (χ3n) is 0.765. The van der Waals surface area contributed by atoms with Gasteiger partial charge in [-0.05, 0) is 18.7 Å². The second-order valence-electron chi connectivity index (χ2n) is 1.58. The molecule has 0 saturated heterocycles. The number of hydrogen-bond donors (Lipinski definition) is 1. The van der Waals surface area contributed by atoms with Crippen LogP contribution in [0.15, 0.2) is 5.95 Å². The first kappa shape index (κ1) is 10.3. The Morgan fingerprint density at radius 1 is 1.64 bits per heavy atom. The first-order valence-electron chi connectivity index (χ1n) is 3.33. The lowest BCUT2D eigenvalue weighted by Gasteiger charge is -1.87.